The van der Waals surface area contributed by atoms with Crippen LogP contribution in [-0.2, 0) is 5.41 Å². The van der Waals surface area contributed by atoms with E-state index in [0.29, 0.717) is 11.0 Å². The minimum Gasteiger partial charge on any atom is -0.233 e. The number of aromatic nitrogens is 2. The molecule has 0 unspecified atom stereocenters. The van der Waals surface area contributed by atoms with Crippen LogP contribution in [0, 0.1) is 6.92 Å². The van der Waals surface area contributed by atoms with Crippen LogP contribution in [0.3, 0.4) is 0 Å². The van der Waals surface area contributed by atoms with Crippen LogP contribution in [0.2, 0.25) is 5.15 Å². The molecule has 0 atom stereocenters. The Balaban J connectivity index is 2.72. The second kappa shape index (κ2) is 3.70. The number of rotatable bonds is 0. The largest absolute Gasteiger partial charge is 0.233 e. The average Bonchev–Trinajstić information content (AvgIpc) is 2.15. The molecule has 0 aliphatic heterocycles. The van der Waals surface area contributed by atoms with E-state index >= 15 is 0 Å². The van der Waals surface area contributed by atoms with E-state index in [1.807, 2.05) is 13.0 Å². The first-order valence-corrected chi connectivity index (χ1v) is 5.70. The fourth-order valence-electron chi connectivity index (χ4n) is 1.67. The van der Waals surface area contributed by atoms with Gasteiger partial charge in [-0.2, -0.15) is 0 Å². The summed E-state index contributed by atoms with van der Waals surface area (Å²) in [7, 11) is 0. The van der Waals surface area contributed by atoms with Gasteiger partial charge in [-0.3, -0.25) is 0 Å². The van der Waals surface area contributed by atoms with Gasteiger partial charge < -0.3 is 0 Å². The summed E-state index contributed by atoms with van der Waals surface area (Å²) < 4.78 is 0. The Bertz CT molecular complexity index is 541. The van der Waals surface area contributed by atoms with Gasteiger partial charge in [0.2, 0.25) is 0 Å². The lowest BCUT2D eigenvalue weighted by Crippen LogP contribution is -2.10. The van der Waals surface area contributed by atoms with E-state index in [4.69, 9.17) is 11.6 Å². The van der Waals surface area contributed by atoms with Crippen molar-refractivity contribution in [2.45, 2.75) is 33.1 Å². The van der Waals surface area contributed by atoms with E-state index in [2.05, 4.69) is 42.9 Å². The minimum absolute atomic E-state index is 0.113. The first kappa shape index (κ1) is 11.3. The maximum atomic E-state index is 6.13. The van der Waals surface area contributed by atoms with Crippen LogP contribution >= 0.6 is 11.6 Å². The number of hydrogen-bond donors (Lipinski definition) is 0. The van der Waals surface area contributed by atoms with Gasteiger partial charge in [-0.15, -0.1) is 0 Å². The first-order valence-electron chi connectivity index (χ1n) is 5.32. The normalized spacial score (nSPS) is 12.1. The zero-order chi connectivity index (χ0) is 11.9. The predicted molar refractivity (Wildman–Crippen MR) is 68.0 cm³/mol. The summed E-state index contributed by atoms with van der Waals surface area (Å²) in [6.07, 6.45) is 0. The molecular formula is C13H15ClN2. The fraction of sp³-hybridized carbons (Fsp3) is 0.385. The molecule has 0 bridgehead atoms. The molecule has 0 aliphatic rings. The molecule has 0 amide bonds. The zero-order valence-electron chi connectivity index (χ0n) is 10.0. The van der Waals surface area contributed by atoms with E-state index in [0.717, 1.165) is 10.9 Å². The van der Waals surface area contributed by atoms with Crippen LogP contribution in [0.4, 0.5) is 0 Å². The molecule has 0 aliphatic carbocycles. The smallest absolute Gasteiger partial charge is 0.140 e. The first-order chi connectivity index (χ1) is 7.38. The molecule has 0 saturated heterocycles. The molecule has 0 N–H and O–H groups in total. The van der Waals surface area contributed by atoms with Crippen LogP contribution in [0.1, 0.15) is 32.2 Å². The molecule has 0 radical (unpaired) electrons. The van der Waals surface area contributed by atoms with Gasteiger partial charge in [0, 0.05) is 5.39 Å². The van der Waals surface area contributed by atoms with Crippen molar-refractivity contribution < 1.29 is 0 Å². The lowest BCUT2D eigenvalue weighted by Gasteiger charge is -2.19. The number of nitrogens with zero attached hydrogens (tertiary/aromatic N) is 2. The third kappa shape index (κ3) is 2.03. The number of fused-ring (bicyclic) bond motifs is 1. The summed E-state index contributed by atoms with van der Waals surface area (Å²) >= 11 is 6.13. The summed E-state index contributed by atoms with van der Waals surface area (Å²) in [6.45, 7) is 8.38. The van der Waals surface area contributed by atoms with Gasteiger partial charge in [0.25, 0.3) is 0 Å². The topological polar surface area (TPSA) is 25.8 Å². The summed E-state index contributed by atoms with van der Waals surface area (Å²) in [5.41, 5.74) is 2.27. The summed E-state index contributed by atoms with van der Waals surface area (Å²) in [5.74, 6) is 0.709. The fourth-order valence-corrected chi connectivity index (χ4v) is 1.94. The third-order valence-electron chi connectivity index (χ3n) is 2.63. The summed E-state index contributed by atoms with van der Waals surface area (Å²) in [5, 5.41) is 1.47. The number of hydrogen-bond acceptors (Lipinski definition) is 2. The Morgan fingerprint density at radius 1 is 1.12 bits per heavy atom. The molecule has 1 aromatic carbocycles. The Morgan fingerprint density at radius 2 is 1.81 bits per heavy atom. The SMILES string of the molecule is Cc1nc(Cl)c2cc(C(C)(C)C)ccc2n1. The van der Waals surface area contributed by atoms with Crippen molar-refractivity contribution in [1.29, 1.82) is 0 Å². The van der Waals surface area contributed by atoms with Crippen LogP contribution in [0.5, 0.6) is 0 Å². The minimum atomic E-state index is 0.113. The number of benzene rings is 1. The van der Waals surface area contributed by atoms with E-state index in [9.17, 15) is 0 Å². The van der Waals surface area contributed by atoms with Crippen LogP contribution in [0.25, 0.3) is 10.9 Å². The molecular weight excluding hydrogens is 220 g/mol. The Hall–Kier alpha value is -1.15. The van der Waals surface area contributed by atoms with Gasteiger partial charge in [0.05, 0.1) is 5.52 Å². The van der Waals surface area contributed by atoms with Gasteiger partial charge in [0.1, 0.15) is 11.0 Å². The lowest BCUT2D eigenvalue weighted by molar-refractivity contribution is 0.591. The molecule has 0 fully saturated rings. The van der Waals surface area contributed by atoms with Crippen molar-refractivity contribution in [3.8, 4) is 0 Å². The van der Waals surface area contributed by atoms with Crippen molar-refractivity contribution in [1.82, 2.24) is 9.97 Å². The van der Waals surface area contributed by atoms with Crippen molar-refractivity contribution in [3.05, 3.63) is 34.7 Å². The average molecular weight is 235 g/mol. The van der Waals surface area contributed by atoms with Crippen molar-refractivity contribution in [2.24, 2.45) is 0 Å². The molecule has 2 aromatic rings. The van der Waals surface area contributed by atoms with Crippen LogP contribution in [0.15, 0.2) is 18.2 Å². The zero-order valence-corrected chi connectivity index (χ0v) is 10.8. The molecule has 2 nitrogen and oxygen atoms in total. The highest BCUT2D eigenvalue weighted by molar-refractivity contribution is 6.34. The van der Waals surface area contributed by atoms with E-state index < -0.39 is 0 Å². The van der Waals surface area contributed by atoms with Gasteiger partial charge in [-0.05, 0) is 30.0 Å². The molecule has 1 heterocycles. The molecule has 2 rings (SSSR count). The summed E-state index contributed by atoms with van der Waals surface area (Å²) in [4.78, 5) is 8.54. The Labute approximate surface area is 101 Å². The van der Waals surface area contributed by atoms with Gasteiger partial charge in [-0.1, -0.05) is 38.4 Å². The van der Waals surface area contributed by atoms with Crippen LogP contribution < -0.4 is 0 Å². The summed E-state index contributed by atoms with van der Waals surface area (Å²) in [6, 6.07) is 6.19. The lowest BCUT2D eigenvalue weighted by atomic mass is 9.86. The highest BCUT2D eigenvalue weighted by atomic mass is 35.5. The van der Waals surface area contributed by atoms with Crippen molar-refractivity contribution in [3.63, 3.8) is 0 Å². The highest BCUT2D eigenvalue weighted by Crippen LogP contribution is 2.28. The number of halogens is 1. The van der Waals surface area contributed by atoms with Crippen molar-refractivity contribution in [2.75, 3.05) is 0 Å². The van der Waals surface area contributed by atoms with Crippen molar-refractivity contribution >= 4 is 22.5 Å². The van der Waals surface area contributed by atoms with E-state index in [1.54, 1.807) is 0 Å². The third-order valence-corrected chi connectivity index (χ3v) is 2.92. The predicted octanol–water partition coefficient (Wildman–Crippen LogP) is 3.89. The second-order valence-corrected chi connectivity index (χ2v) is 5.40. The van der Waals surface area contributed by atoms with Gasteiger partial charge in [-0.25, -0.2) is 9.97 Å². The molecule has 3 heteroatoms. The molecule has 0 saturated carbocycles. The standard InChI is InChI=1S/C13H15ClN2/c1-8-15-11-6-5-9(13(2,3)4)7-10(11)12(14)16-8/h5-7H,1-4H3. The molecule has 16 heavy (non-hydrogen) atoms. The quantitative estimate of drug-likeness (QED) is 0.647. The monoisotopic (exact) mass is 234 g/mol. The highest BCUT2D eigenvalue weighted by Gasteiger charge is 2.15. The molecule has 0 spiro atoms. The van der Waals surface area contributed by atoms with E-state index in [-0.39, 0.29) is 5.41 Å². The van der Waals surface area contributed by atoms with E-state index in [1.165, 1.54) is 5.56 Å². The second-order valence-electron chi connectivity index (χ2n) is 5.04. The Morgan fingerprint density at radius 3 is 2.44 bits per heavy atom. The Kier molecular flexibility index (Phi) is 2.62. The maximum Gasteiger partial charge on any atom is 0.140 e. The molecule has 1 aromatic heterocycles. The van der Waals surface area contributed by atoms with Gasteiger partial charge in [0.15, 0.2) is 0 Å². The van der Waals surface area contributed by atoms with Crippen LogP contribution in [-0.4, -0.2) is 9.97 Å². The number of aryl methyl sites for hydroxylation is 1. The molecule has 84 valence electrons. The maximum absolute atomic E-state index is 6.13. The van der Waals surface area contributed by atoms with Gasteiger partial charge >= 0.3 is 0 Å².